The Balaban J connectivity index is 1.15. The lowest BCUT2D eigenvalue weighted by atomic mass is 9.99. The molecule has 0 unspecified atom stereocenters. The van der Waals surface area contributed by atoms with Crippen molar-refractivity contribution in [1.29, 1.82) is 0 Å². The van der Waals surface area contributed by atoms with Crippen molar-refractivity contribution in [2.75, 3.05) is 4.90 Å². The van der Waals surface area contributed by atoms with Crippen LogP contribution in [-0.2, 0) is 0 Å². The maximum atomic E-state index is 5.01. The molecule has 0 aliphatic rings. The van der Waals surface area contributed by atoms with Gasteiger partial charge in [-0.2, -0.15) is 0 Å². The summed E-state index contributed by atoms with van der Waals surface area (Å²) in [7, 11) is 0. The van der Waals surface area contributed by atoms with Crippen molar-refractivity contribution in [1.82, 2.24) is 4.98 Å². The highest BCUT2D eigenvalue weighted by Gasteiger charge is 2.12. The summed E-state index contributed by atoms with van der Waals surface area (Å²) in [5.41, 5.74) is 11.6. The molecule has 0 aliphatic heterocycles. The van der Waals surface area contributed by atoms with Crippen molar-refractivity contribution in [3.8, 4) is 45.5 Å². The molecular weight excluding hydrogens is 544 g/mol. The predicted octanol–water partition coefficient (Wildman–Crippen LogP) is 11.0. The van der Waals surface area contributed by atoms with Crippen LogP contribution >= 0.6 is 0 Å². The Morgan fingerprint density at radius 2 is 0.711 bits per heavy atom. The Bertz CT molecular complexity index is 1960. The summed E-state index contributed by atoms with van der Waals surface area (Å²) in [4.78, 5) is 7.26. The number of aromatic nitrogens is 1. The van der Waals surface area contributed by atoms with Crippen LogP contribution in [0.5, 0.6) is 0 Å². The van der Waals surface area contributed by atoms with Gasteiger partial charge in [0.15, 0.2) is 0 Å². The number of anilines is 3. The molecule has 212 valence electrons. The normalized spacial score (nSPS) is 10.5. The fourth-order valence-electron chi connectivity index (χ4n) is 5.40. The molecule has 0 saturated carbocycles. The lowest BCUT2D eigenvalue weighted by Gasteiger charge is -2.25. The largest absolute Gasteiger partial charge is 0.311 e. The zero-order chi connectivity index (χ0) is 30.3. The quantitative estimate of drug-likeness (QED) is 0.184. The van der Waals surface area contributed by atoms with Crippen molar-refractivity contribution < 1.29 is 0 Å². The number of nitrogens with zero attached hydrogens (tertiary/aromatic N) is 2. The van der Waals surface area contributed by atoms with Gasteiger partial charge < -0.3 is 4.90 Å². The molecule has 0 aliphatic carbocycles. The Morgan fingerprint density at radius 3 is 1.16 bits per heavy atom. The Morgan fingerprint density at radius 1 is 0.333 bits per heavy atom. The van der Waals surface area contributed by atoms with Crippen LogP contribution in [0.4, 0.5) is 17.1 Å². The van der Waals surface area contributed by atoms with Gasteiger partial charge in [-0.3, -0.25) is 0 Å². The van der Waals surface area contributed by atoms with Crippen LogP contribution in [0.2, 0.25) is 0 Å². The molecule has 1 heterocycles. The van der Waals surface area contributed by atoms with Gasteiger partial charge in [-0.25, -0.2) is 4.98 Å². The minimum absolute atomic E-state index is 0.956. The maximum absolute atomic E-state index is 5.01. The van der Waals surface area contributed by atoms with Gasteiger partial charge in [-0.1, -0.05) is 121 Å². The Kier molecular flexibility index (Phi) is 7.99. The molecule has 7 aromatic rings. The fourth-order valence-corrected chi connectivity index (χ4v) is 5.40. The molecule has 6 aromatic carbocycles. The van der Waals surface area contributed by atoms with Gasteiger partial charge in [0.1, 0.15) is 0 Å². The molecule has 7 rings (SSSR count). The zero-order valence-electron chi connectivity index (χ0n) is 24.7. The molecule has 0 fully saturated rings. The summed E-state index contributed by atoms with van der Waals surface area (Å²) >= 11 is 0. The zero-order valence-corrected chi connectivity index (χ0v) is 24.7. The minimum atomic E-state index is 0.956. The maximum Gasteiger partial charge on any atom is 0.0715 e. The predicted molar refractivity (Wildman–Crippen MR) is 188 cm³/mol. The van der Waals surface area contributed by atoms with Crippen LogP contribution < -0.4 is 4.90 Å². The average Bonchev–Trinajstić information content (AvgIpc) is 3.13. The second-order valence-electron chi connectivity index (χ2n) is 10.7. The molecule has 0 saturated heterocycles. The van der Waals surface area contributed by atoms with Crippen molar-refractivity contribution in [2.24, 2.45) is 0 Å². The number of hydrogen-bond acceptors (Lipinski definition) is 2. The van der Waals surface area contributed by atoms with Crippen molar-refractivity contribution >= 4 is 17.1 Å². The summed E-state index contributed by atoms with van der Waals surface area (Å²) in [6.07, 6.45) is 0. The third-order valence-corrected chi connectivity index (χ3v) is 7.69. The van der Waals surface area contributed by atoms with E-state index in [-0.39, 0.29) is 0 Å². The summed E-state index contributed by atoms with van der Waals surface area (Å²) in [5, 5.41) is 0. The first-order valence-corrected chi connectivity index (χ1v) is 15.1. The van der Waals surface area contributed by atoms with Crippen LogP contribution in [0.15, 0.2) is 182 Å². The summed E-state index contributed by atoms with van der Waals surface area (Å²) in [6, 6.07) is 62.8. The number of pyridine rings is 1. The van der Waals surface area contributed by atoms with Crippen LogP contribution in [0, 0.1) is 11.8 Å². The molecule has 0 atom stereocenters. The van der Waals surface area contributed by atoms with Crippen LogP contribution in [0.1, 0.15) is 11.1 Å². The van der Waals surface area contributed by atoms with Crippen LogP contribution in [0.3, 0.4) is 0 Å². The topological polar surface area (TPSA) is 16.1 Å². The van der Waals surface area contributed by atoms with Crippen molar-refractivity contribution in [2.45, 2.75) is 0 Å². The second kappa shape index (κ2) is 13.0. The SMILES string of the molecule is C(#Cc1ccc(N(c2ccccc2)c2ccccc2)cc1)c1ccc(-c2cc(-c3ccccc3)nc(-c3ccccc3)c2)cc1. The molecule has 0 bridgehead atoms. The molecule has 0 radical (unpaired) electrons. The molecule has 0 amide bonds. The molecule has 45 heavy (non-hydrogen) atoms. The molecule has 0 N–H and O–H groups in total. The lowest BCUT2D eigenvalue weighted by Crippen LogP contribution is -2.09. The van der Waals surface area contributed by atoms with Crippen molar-refractivity contribution in [3.63, 3.8) is 0 Å². The minimum Gasteiger partial charge on any atom is -0.311 e. The van der Waals surface area contributed by atoms with Crippen LogP contribution in [-0.4, -0.2) is 4.98 Å². The van der Waals surface area contributed by atoms with E-state index >= 15 is 0 Å². The highest BCUT2D eigenvalue weighted by molar-refractivity contribution is 5.78. The first kappa shape index (κ1) is 27.7. The van der Waals surface area contributed by atoms with E-state index in [0.717, 1.165) is 61.8 Å². The molecule has 2 heteroatoms. The highest BCUT2D eigenvalue weighted by Crippen LogP contribution is 2.34. The first-order valence-electron chi connectivity index (χ1n) is 15.1. The third kappa shape index (κ3) is 6.44. The van der Waals surface area contributed by atoms with E-state index in [2.05, 4.69) is 174 Å². The van der Waals surface area contributed by atoms with E-state index in [0.29, 0.717) is 0 Å². The smallest absolute Gasteiger partial charge is 0.0715 e. The fraction of sp³-hybridized carbons (Fsp3) is 0. The molecule has 0 spiro atoms. The lowest BCUT2D eigenvalue weighted by molar-refractivity contribution is 1.28. The monoisotopic (exact) mass is 574 g/mol. The van der Waals surface area contributed by atoms with E-state index < -0.39 is 0 Å². The number of hydrogen-bond donors (Lipinski definition) is 0. The van der Waals surface area contributed by atoms with Gasteiger partial charge in [0.25, 0.3) is 0 Å². The first-order chi connectivity index (χ1) is 22.3. The van der Waals surface area contributed by atoms with Crippen LogP contribution in [0.25, 0.3) is 33.6 Å². The van der Waals surface area contributed by atoms with Gasteiger partial charge in [0.2, 0.25) is 0 Å². The average molecular weight is 575 g/mol. The van der Waals surface area contributed by atoms with Gasteiger partial charge in [0, 0.05) is 39.3 Å². The molecular formula is C43H30N2. The summed E-state index contributed by atoms with van der Waals surface area (Å²) in [6.45, 7) is 0. The number of para-hydroxylation sites is 2. The van der Waals surface area contributed by atoms with E-state index in [1.165, 1.54) is 0 Å². The summed E-state index contributed by atoms with van der Waals surface area (Å²) < 4.78 is 0. The van der Waals surface area contributed by atoms with E-state index in [1.54, 1.807) is 0 Å². The van der Waals surface area contributed by atoms with Gasteiger partial charge in [-0.05, 0) is 83.9 Å². The van der Waals surface area contributed by atoms with Gasteiger partial charge in [0.05, 0.1) is 11.4 Å². The number of rotatable bonds is 6. The number of benzene rings is 6. The molecule has 1 aromatic heterocycles. The second-order valence-corrected chi connectivity index (χ2v) is 10.7. The van der Waals surface area contributed by atoms with E-state index in [4.69, 9.17) is 4.98 Å². The van der Waals surface area contributed by atoms with Gasteiger partial charge >= 0.3 is 0 Å². The Hall–Kier alpha value is -6.17. The Labute approximate surface area is 264 Å². The van der Waals surface area contributed by atoms with Gasteiger partial charge in [-0.15, -0.1) is 0 Å². The third-order valence-electron chi connectivity index (χ3n) is 7.69. The molecule has 2 nitrogen and oxygen atoms in total. The standard InChI is InChI=1S/C43H30N2/c1-5-13-36(14-6-1)42-31-38(32-43(44-42)37-15-7-2-8-16-37)35-27-23-33(24-28-35)21-22-34-25-29-41(30-26-34)45(39-17-9-3-10-18-39)40-19-11-4-12-20-40/h1-20,23-32H. The van der Waals surface area contributed by atoms with E-state index in [9.17, 15) is 0 Å². The highest BCUT2D eigenvalue weighted by atomic mass is 15.1. The summed E-state index contributed by atoms with van der Waals surface area (Å²) in [5.74, 6) is 6.70. The van der Waals surface area contributed by atoms with Crippen molar-refractivity contribution in [3.05, 3.63) is 193 Å². The van der Waals surface area contributed by atoms with E-state index in [1.807, 2.05) is 24.3 Å².